The third kappa shape index (κ3) is 5.21. The van der Waals surface area contributed by atoms with Gasteiger partial charge in [-0.15, -0.1) is 0 Å². The molecule has 3 aromatic rings. The van der Waals surface area contributed by atoms with Crippen LogP contribution in [0.4, 0.5) is 17.2 Å². The molecule has 0 spiro atoms. The topological polar surface area (TPSA) is 71.1 Å². The molecule has 7 heteroatoms. The Morgan fingerprint density at radius 1 is 0.923 bits per heavy atom. The Kier molecular flexibility index (Phi) is 5.75. The molecule has 2 aromatic carbocycles. The van der Waals surface area contributed by atoms with Crippen LogP contribution in [0.15, 0.2) is 72.9 Å². The Bertz CT molecular complexity index is 962. The lowest BCUT2D eigenvalue weighted by atomic mass is 10.2. The van der Waals surface area contributed by atoms with Gasteiger partial charge in [0.15, 0.2) is 0 Å². The second kappa shape index (κ2) is 8.21. The van der Waals surface area contributed by atoms with E-state index < -0.39 is 10.0 Å². The fraction of sp³-hybridized carbons (Fsp3) is 0.105. The number of aryl methyl sites for hydroxylation is 1. The highest BCUT2D eigenvalue weighted by atomic mass is 35.5. The van der Waals surface area contributed by atoms with Gasteiger partial charge >= 0.3 is 0 Å². The highest BCUT2D eigenvalue weighted by Crippen LogP contribution is 2.24. The van der Waals surface area contributed by atoms with Gasteiger partial charge in [-0.05, 0) is 36.2 Å². The summed E-state index contributed by atoms with van der Waals surface area (Å²) in [6.45, 7) is 0. The average molecular weight is 388 g/mol. The van der Waals surface area contributed by atoms with Crippen molar-refractivity contribution in [3.63, 3.8) is 0 Å². The van der Waals surface area contributed by atoms with Crippen LogP contribution in [0.25, 0.3) is 0 Å². The molecule has 0 amide bonds. The monoisotopic (exact) mass is 387 g/mol. The predicted molar refractivity (Wildman–Crippen MR) is 107 cm³/mol. The lowest BCUT2D eigenvalue weighted by molar-refractivity contribution is 0.600. The van der Waals surface area contributed by atoms with Crippen molar-refractivity contribution in [2.45, 2.75) is 6.42 Å². The van der Waals surface area contributed by atoms with Crippen molar-refractivity contribution in [2.75, 3.05) is 15.8 Å². The molecule has 1 heterocycles. The van der Waals surface area contributed by atoms with Crippen LogP contribution < -0.4 is 10.0 Å². The van der Waals surface area contributed by atoms with Crippen LogP contribution in [0.5, 0.6) is 0 Å². The van der Waals surface area contributed by atoms with Gasteiger partial charge in [-0.2, -0.15) is 0 Å². The second-order valence-corrected chi connectivity index (χ2v) is 7.94. The molecule has 0 saturated carbocycles. The number of pyridine rings is 1. The average Bonchev–Trinajstić information content (AvgIpc) is 2.64. The van der Waals surface area contributed by atoms with Crippen LogP contribution in [0.3, 0.4) is 0 Å². The lowest BCUT2D eigenvalue weighted by Gasteiger charge is -2.10. The van der Waals surface area contributed by atoms with E-state index in [9.17, 15) is 8.42 Å². The molecule has 0 aliphatic carbocycles. The number of nitrogens with zero attached hydrogens (tertiary/aromatic N) is 1. The molecule has 0 aliphatic rings. The van der Waals surface area contributed by atoms with Crippen molar-refractivity contribution in [1.29, 1.82) is 0 Å². The van der Waals surface area contributed by atoms with Crippen molar-refractivity contribution in [3.05, 3.63) is 83.5 Å². The summed E-state index contributed by atoms with van der Waals surface area (Å²) in [5, 5.41) is 3.67. The summed E-state index contributed by atoms with van der Waals surface area (Å²) >= 11 is 6.10. The van der Waals surface area contributed by atoms with E-state index in [-0.39, 0.29) is 5.75 Å². The maximum absolute atomic E-state index is 12.2. The third-order valence-electron chi connectivity index (χ3n) is 3.68. The van der Waals surface area contributed by atoms with Gasteiger partial charge in [0.05, 0.1) is 28.3 Å². The maximum Gasteiger partial charge on any atom is 0.233 e. The van der Waals surface area contributed by atoms with E-state index in [2.05, 4.69) is 15.0 Å². The minimum absolute atomic E-state index is 0.0106. The number of aromatic nitrogens is 1. The van der Waals surface area contributed by atoms with Crippen LogP contribution >= 0.6 is 11.6 Å². The van der Waals surface area contributed by atoms with Crippen molar-refractivity contribution in [2.24, 2.45) is 0 Å². The van der Waals surface area contributed by atoms with E-state index in [0.29, 0.717) is 22.9 Å². The summed E-state index contributed by atoms with van der Waals surface area (Å²) in [7, 11) is -3.44. The van der Waals surface area contributed by atoms with E-state index in [1.54, 1.807) is 18.2 Å². The van der Waals surface area contributed by atoms with Crippen LogP contribution in [0.2, 0.25) is 5.02 Å². The Morgan fingerprint density at radius 2 is 1.65 bits per heavy atom. The number of rotatable bonds is 7. The summed E-state index contributed by atoms with van der Waals surface area (Å²) in [5.74, 6) is 0.585. The predicted octanol–water partition coefficient (Wildman–Crippen LogP) is 4.46. The van der Waals surface area contributed by atoms with E-state index in [1.807, 2.05) is 48.5 Å². The maximum atomic E-state index is 12.2. The number of halogens is 1. The number of para-hydroxylation sites is 1. The lowest BCUT2D eigenvalue weighted by Crippen LogP contribution is -2.18. The molecule has 2 N–H and O–H groups in total. The van der Waals surface area contributed by atoms with E-state index in [1.165, 1.54) is 6.20 Å². The molecule has 26 heavy (non-hydrogen) atoms. The first-order valence-electron chi connectivity index (χ1n) is 8.04. The fourth-order valence-corrected chi connectivity index (χ4v) is 3.63. The van der Waals surface area contributed by atoms with Gasteiger partial charge in [0.2, 0.25) is 10.0 Å². The van der Waals surface area contributed by atoms with Crippen molar-refractivity contribution >= 4 is 38.8 Å². The van der Waals surface area contributed by atoms with Crippen LogP contribution in [0.1, 0.15) is 5.56 Å². The third-order valence-corrected chi connectivity index (χ3v) is 5.29. The summed E-state index contributed by atoms with van der Waals surface area (Å²) < 4.78 is 27.0. The van der Waals surface area contributed by atoms with Gasteiger partial charge in [0.25, 0.3) is 0 Å². The van der Waals surface area contributed by atoms with Crippen LogP contribution in [0, 0.1) is 0 Å². The molecule has 0 unspecified atom stereocenters. The molecule has 0 atom stereocenters. The number of nitrogens with one attached hydrogen (secondary N) is 2. The number of hydrogen-bond acceptors (Lipinski definition) is 4. The number of benzene rings is 2. The first kappa shape index (κ1) is 18.2. The Balaban J connectivity index is 1.60. The molecule has 134 valence electrons. The van der Waals surface area contributed by atoms with Crippen molar-refractivity contribution < 1.29 is 8.42 Å². The highest BCUT2D eigenvalue weighted by molar-refractivity contribution is 7.92. The van der Waals surface area contributed by atoms with Gasteiger partial charge in [0.1, 0.15) is 5.82 Å². The fourth-order valence-electron chi connectivity index (χ4n) is 2.36. The minimum atomic E-state index is -3.44. The standard InChI is InChI=1S/C19H18ClN3O2S/c20-17-8-4-5-9-18(17)22-19-11-10-16(14-21-19)23-26(24,25)13-12-15-6-2-1-3-7-15/h1-11,14,23H,12-13H2,(H,21,22). The van der Waals surface area contributed by atoms with Crippen LogP contribution in [-0.4, -0.2) is 19.2 Å². The largest absolute Gasteiger partial charge is 0.339 e. The van der Waals surface area contributed by atoms with Crippen LogP contribution in [-0.2, 0) is 16.4 Å². The van der Waals surface area contributed by atoms with Gasteiger partial charge in [-0.3, -0.25) is 4.72 Å². The first-order valence-corrected chi connectivity index (χ1v) is 10.1. The number of hydrogen-bond donors (Lipinski definition) is 2. The SMILES string of the molecule is O=S(=O)(CCc1ccccc1)Nc1ccc(Nc2ccccc2Cl)nc1. The second-order valence-electron chi connectivity index (χ2n) is 5.69. The number of sulfonamides is 1. The number of anilines is 3. The Hall–Kier alpha value is -2.57. The van der Waals surface area contributed by atoms with E-state index in [0.717, 1.165) is 11.3 Å². The molecule has 3 rings (SSSR count). The smallest absolute Gasteiger partial charge is 0.233 e. The minimum Gasteiger partial charge on any atom is -0.339 e. The molecule has 0 bridgehead atoms. The molecular weight excluding hydrogens is 370 g/mol. The van der Waals surface area contributed by atoms with E-state index in [4.69, 9.17) is 11.6 Å². The van der Waals surface area contributed by atoms with Crippen molar-refractivity contribution in [3.8, 4) is 0 Å². The molecule has 0 aliphatic heterocycles. The summed E-state index contributed by atoms with van der Waals surface area (Å²) in [6.07, 6.45) is 1.93. The molecule has 0 saturated heterocycles. The van der Waals surface area contributed by atoms with Gasteiger partial charge < -0.3 is 5.32 Å². The molecular formula is C19H18ClN3O2S. The normalized spacial score (nSPS) is 11.1. The zero-order valence-corrected chi connectivity index (χ0v) is 15.5. The zero-order valence-electron chi connectivity index (χ0n) is 13.9. The zero-order chi connectivity index (χ0) is 18.4. The Morgan fingerprint density at radius 3 is 2.35 bits per heavy atom. The Labute approximate surface area is 158 Å². The van der Waals surface area contributed by atoms with Gasteiger partial charge in [-0.1, -0.05) is 54.1 Å². The van der Waals surface area contributed by atoms with Gasteiger partial charge in [0, 0.05) is 0 Å². The molecule has 1 aromatic heterocycles. The molecule has 0 fully saturated rings. The summed E-state index contributed by atoms with van der Waals surface area (Å²) in [6, 6.07) is 20.2. The molecule has 5 nitrogen and oxygen atoms in total. The quantitative estimate of drug-likeness (QED) is 0.627. The summed E-state index contributed by atoms with van der Waals surface area (Å²) in [4.78, 5) is 4.22. The van der Waals surface area contributed by atoms with Gasteiger partial charge in [-0.25, -0.2) is 13.4 Å². The molecule has 0 radical (unpaired) electrons. The summed E-state index contributed by atoms with van der Waals surface area (Å²) in [5.41, 5.74) is 2.14. The first-order chi connectivity index (χ1) is 12.5. The highest BCUT2D eigenvalue weighted by Gasteiger charge is 2.11. The van der Waals surface area contributed by atoms with E-state index >= 15 is 0 Å². The van der Waals surface area contributed by atoms with Crippen molar-refractivity contribution in [1.82, 2.24) is 4.98 Å².